The van der Waals surface area contributed by atoms with E-state index in [-0.39, 0.29) is 12.6 Å². The van der Waals surface area contributed by atoms with E-state index in [1.54, 1.807) is 12.5 Å². The average molecular weight is 185 g/mol. The summed E-state index contributed by atoms with van der Waals surface area (Å²) in [6.45, 7) is 6.41. The zero-order chi connectivity index (χ0) is 9.94. The highest BCUT2D eigenvalue weighted by Crippen LogP contribution is 1.93. The van der Waals surface area contributed by atoms with Gasteiger partial charge in [-0.05, 0) is 18.7 Å². The fraction of sp³-hybridized carbons (Fsp3) is 0.600. The first kappa shape index (κ1) is 12.0. The lowest BCUT2D eigenvalue weighted by atomic mass is 10.2. The van der Waals surface area contributed by atoms with Crippen LogP contribution in [0.4, 0.5) is 0 Å². The summed E-state index contributed by atoms with van der Waals surface area (Å²) in [4.78, 5) is 0. The van der Waals surface area contributed by atoms with Crippen LogP contribution in [0.15, 0.2) is 25.1 Å². The molecular weight excluding hydrogens is 166 g/mol. The molecule has 0 spiro atoms. The van der Waals surface area contributed by atoms with Gasteiger partial charge in [0.05, 0.1) is 12.9 Å². The van der Waals surface area contributed by atoms with Crippen molar-refractivity contribution in [1.29, 1.82) is 0 Å². The summed E-state index contributed by atoms with van der Waals surface area (Å²) in [5.41, 5.74) is 0. The summed E-state index contributed by atoms with van der Waals surface area (Å²) in [6.07, 6.45) is 6.95. The van der Waals surface area contributed by atoms with E-state index in [9.17, 15) is 0 Å². The molecule has 3 heteroatoms. The van der Waals surface area contributed by atoms with Crippen molar-refractivity contribution in [2.24, 2.45) is 0 Å². The normalized spacial score (nSPS) is 12.8. The minimum absolute atomic E-state index is 0.177. The Kier molecular flexibility index (Phi) is 8.46. The van der Waals surface area contributed by atoms with Crippen LogP contribution in [0.5, 0.6) is 0 Å². The zero-order valence-corrected chi connectivity index (χ0v) is 8.20. The third-order valence-corrected chi connectivity index (χ3v) is 1.60. The molecule has 13 heavy (non-hydrogen) atoms. The number of ether oxygens (including phenoxy) is 1. The van der Waals surface area contributed by atoms with Crippen molar-refractivity contribution in [3.63, 3.8) is 0 Å². The lowest BCUT2D eigenvalue weighted by molar-refractivity contribution is 0.198. The molecule has 0 fully saturated rings. The van der Waals surface area contributed by atoms with Crippen molar-refractivity contribution < 1.29 is 9.84 Å². The van der Waals surface area contributed by atoms with Gasteiger partial charge in [0.2, 0.25) is 0 Å². The Balaban J connectivity index is 3.48. The summed E-state index contributed by atoms with van der Waals surface area (Å²) in [6, 6.07) is 0.284. The predicted octanol–water partition coefficient (Wildman–Crippen LogP) is 1.41. The Hall–Kier alpha value is -0.960. The second-order valence-electron chi connectivity index (χ2n) is 2.66. The van der Waals surface area contributed by atoms with Crippen LogP contribution in [0.3, 0.4) is 0 Å². The van der Waals surface area contributed by atoms with Gasteiger partial charge in [0.15, 0.2) is 0 Å². The Labute approximate surface area is 80.1 Å². The molecule has 2 N–H and O–H groups in total. The Bertz CT molecular complexity index is 146. The molecule has 0 aromatic carbocycles. The fourth-order valence-electron chi connectivity index (χ4n) is 0.827. The molecule has 0 rings (SSSR count). The van der Waals surface area contributed by atoms with Crippen LogP contribution in [0.2, 0.25) is 0 Å². The van der Waals surface area contributed by atoms with Crippen molar-refractivity contribution in [3.05, 3.63) is 25.1 Å². The second-order valence-corrected chi connectivity index (χ2v) is 2.66. The summed E-state index contributed by atoms with van der Waals surface area (Å²) < 4.78 is 5.14. The molecule has 0 aliphatic heterocycles. The largest absolute Gasteiger partial charge is 0.501 e. The number of aliphatic hydroxyl groups excluding tert-OH is 1. The topological polar surface area (TPSA) is 41.5 Å². The lowest BCUT2D eigenvalue weighted by Crippen LogP contribution is -2.20. The quantitative estimate of drug-likeness (QED) is 0.444. The number of hydrogen-bond donors (Lipinski definition) is 2. The molecule has 0 heterocycles. The monoisotopic (exact) mass is 185 g/mol. The van der Waals surface area contributed by atoms with Crippen LogP contribution < -0.4 is 5.32 Å². The highest BCUT2D eigenvalue weighted by Gasteiger charge is 1.95. The van der Waals surface area contributed by atoms with Crippen LogP contribution in [0, 0.1) is 0 Å². The molecule has 0 saturated carbocycles. The zero-order valence-electron chi connectivity index (χ0n) is 8.20. The SMILES string of the molecule is C=CNC(/C=C/OCCCO)CC. The minimum atomic E-state index is 0.177. The molecule has 3 nitrogen and oxygen atoms in total. The van der Waals surface area contributed by atoms with E-state index in [0.717, 1.165) is 6.42 Å². The van der Waals surface area contributed by atoms with E-state index in [4.69, 9.17) is 9.84 Å². The van der Waals surface area contributed by atoms with Crippen LogP contribution in [-0.4, -0.2) is 24.4 Å². The van der Waals surface area contributed by atoms with Gasteiger partial charge in [-0.25, -0.2) is 0 Å². The van der Waals surface area contributed by atoms with E-state index >= 15 is 0 Å². The Morgan fingerprint density at radius 3 is 2.92 bits per heavy atom. The van der Waals surface area contributed by atoms with Gasteiger partial charge in [-0.1, -0.05) is 13.5 Å². The minimum Gasteiger partial charge on any atom is -0.501 e. The number of aliphatic hydroxyl groups is 1. The van der Waals surface area contributed by atoms with Gasteiger partial charge in [-0.2, -0.15) is 0 Å². The van der Waals surface area contributed by atoms with Crippen LogP contribution in [-0.2, 0) is 4.74 Å². The first-order chi connectivity index (χ1) is 6.35. The molecule has 0 aliphatic carbocycles. The van der Waals surface area contributed by atoms with E-state index in [1.807, 2.05) is 6.08 Å². The fourth-order valence-corrected chi connectivity index (χ4v) is 0.827. The molecule has 0 radical (unpaired) electrons. The Morgan fingerprint density at radius 2 is 2.38 bits per heavy atom. The third-order valence-electron chi connectivity index (χ3n) is 1.60. The smallest absolute Gasteiger partial charge is 0.0895 e. The number of rotatable bonds is 8. The van der Waals surface area contributed by atoms with Gasteiger partial charge in [0, 0.05) is 19.1 Å². The first-order valence-electron chi connectivity index (χ1n) is 4.61. The molecule has 0 bridgehead atoms. The van der Waals surface area contributed by atoms with Crippen molar-refractivity contribution in [1.82, 2.24) is 5.32 Å². The maximum absolute atomic E-state index is 8.48. The van der Waals surface area contributed by atoms with Crippen molar-refractivity contribution in [3.8, 4) is 0 Å². The summed E-state index contributed by atoms with van der Waals surface area (Å²) >= 11 is 0. The van der Waals surface area contributed by atoms with Gasteiger partial charge in [-0.15, -0.1) is 0 Å². The van der Waals surface area contributed by atoms with E-state index in [1.165, 1.54) is 0 Å². The second kappa shape index (κ2) is 9.13. The molecule has 1 atom stereocenters. The molecule has 0 aliphatic rings. The standard InChI is InChI=1S/C10H19NO2/c1-3-10(11-4-2)6-9-13-8-5-7-12/h4,6,9-12H,2-3,5,7-8H2,1H3/b9-6+. The van der Waals surface area contributed by atoms with Crippen molar-refractivity contribution >= 4 is 0 Å². The lowest BCUT2D eigenvalue weighted by Gasteiger charge is -2.09. The Morgan fingerprint density at radius 1 is 1.62 bits per heavy atom. The summed E-state index contributed by atoms with van der Waals surface area (Å²) in [5, 5.41) is 11.5. The summed E-state index contributed by atoms with van der Waals surface area (Å²) in [5.74, 6) is 0. The van der Waals surface area contributed by atoms with Gasteiger partial charge in [-0.3, -0.25) is 0 Å². The van der Waals surface area contributed by atoms with Crippen LogP contribution in [0.25, 0.3) is 0 Å². The molecule has 0 saturated heterocycles. The van der Waals surface area contributed by atoms with Gasteiger partial charge < -0.3 is 15.2 Å². The molecule has 76 valence electrons. The molecule has 0 aromatic heterocycles. The number of hydrogen-bond acceptors (Lipinski definition) is 3. The van der Waals surface area contributed by atoms with E-state index in [0.29, 0.717) is 13.0 Å². The first-order valence-corrected chi connectivity index (χ1v) is 4.61. The van der Waals surface area contributed by atoms with Crippen LogP contribution >= 0.6 is 0 Å². The highest BCUT2D eigenvalue weighted by atomic mass is 16.5. The molecule has 0 amide bonds. The average Bonchev–Trinajstić information content (AvgIpc) is 2.16. The molecular formula is C10H19NO2. The van der Waals surface area contributed by atoms with Crippen molar-refractivity contribution in [2.45, 2.75) is 25.8 Å². The molecule has 1 unspecified atom stereocenters. The van der Waals surface area contributed by atoms with Gasteiger partial charge in [0.1, 0.15) is 0 Å². The van der Waals surface area contributed by atoms with Crippen LogP contribution in [0.1, 0.15) is 19.8 Å². The summed E-state index contributed by atoms with van der Waals surface area (Å²) in [7, 11) is 0. The third kappa shape index (κ3) is 7.40. The number of nitrogens with one attached hydrogen (secondary N) is 1. The maximum Gasteiger partial charge on any atom is 0.0895 e. The van der Waals surface area contributed by atoms with Gasteiger partial charge in [0.25, 0.3) is 0 Å². The van der Waals surface area contributed by atoms with E-state index in [2.05, 4.69) is 18.8 Å². The van der Waals surface area contributed by atoms with Gasteiger partial charge >= 0.3 is 0 Å². The van der Waals surface area contributed by atoms with Crippen molar-refractivity contribution in [2.75, 3.05) is 13.2 Å². The maximum atomic E-state index is 8.48. The molecule has 0 aromatic rings. The highest BCUT2D eigenvalue weighted by molar-refractivity contribution is 4.90. The predicted molar refractivity (Wildman–Crippen MR) is 54.2 cm³/mol. The van der Waals surface area contributed by atoms with E-state index < -0.39 is 0 Å².